The molecule has 0 aliphatic carbocycles. The summed E-state index contributed by atoms with van der Waals surface area (Å²) in [6.07, 6.45) is 8.32. The van der Waals surface area contributed by atoms with Crippen molar-refractivity contribution in [2.45, 2.75) is 71.8 Å². The summed E-state index contributed by atoms with van der Waals surface area (Å²) in [5.74, 6) is 0. The number of hydrogen-bond acceptors (Lipinski definition) is 2. The van der Waals surface area contributed by atoms with Gasteiger partial charge >= 0.3 is 0 Å². The van der Waals surface area contributed by atoms with E-state index in [9.17, 15) is 5.11 Å². The highest BCUT2D eigenvalue weighted by Crippen LogP contribution is 2.22. The lowest BCUT2D eigenvalue weighted by Crippen LogP contribution is -2.32. The van der Waals surface area contributed by atoms with Crippen LogP contribution in [0.4, 0.5) is 0 Å². The fraction of sp³-hybridized carbons (Fsp3) is 1.00. The number of nitrogens with zero attached hydrogens (tertiary/aromatic N) is 1. The van der Waals surface area contributed by atoms with Crippen molar-refractivity contribution in [3.05, 3.63) is 0 Å². The predicted octanol–water partition coefficient (Wildman–Crippen LogP) is 3.44. The lowest BCUT2D eigenvalue weighted by atomic mass is 9.89. The second-order valence-electron chi connectivity index (χ2n) is 6.80. The quantitative estimate of drug-likeness (QED) is 0.770. The Balaban J connectivity index is 2.02. The van der Waals surface area contributed by atoms with Crippen molar-refractivity contribution in [2.75, 3.05) is 19.6 Å². The van der Waals surface area contributed by atoms with E-state index in [1.54, 1.807) is 0 Å². The molecule has 102 valence electrons. The Morgan fingerprint density at radius 2 is 1.71 bits per heavy atom. The molecular weight excluding hydrogens is 210 g/mol. The molecule has 0 amide bonds. The number of aliphatic hydroxyl groups is 1. The molecule has 0 bridgehead atoms. The number of rotatable bonds is 6. The molecule has 0 saturated carbocycles. The molecule has 1 aliphatic heterocycles. The van der Waals surface area contributed by atoms with Crippen LogP contribution in [0.3, 0.4) is 0 Å². The van der Waals surface area contributed by atoms with Crippen molar-refractivity contribution >= 4 is 0 Å². The van der Waals surface area contributed by atoms with Crippen LogP contribution in [0.15, 0.2) is 0 Å². The van der Waals surface area contributed by atoms with Crippen molar-refractivity contribution in [3.63, 3.8) is 0 Å². The molecule has 0 aromatic heterocycles. The molecule has 0 aromatic carbocycles. The standard InChI is InChI=1S/C15H31NO/c1-15(2,3)10-7-8-14(17)9-13-16-11-5-4-6-12-16/h14,17H,4-13H2,1-3H3/t14-/m1/s1. The Hall–Kier alpha value is -0.0800. The van der Waals surface area contributed by atoms with E-state index in [-0.39, 0.29) is 6.10 Å². The van der Waals surface area contributed by atoms with E-state index in [0.717, 1.165) is 25.8 Å². The van der Waals surface area contributed by atoms with Crippen LogP contribution in [-0.4, -0.2) is 35.7 Å². The topological polar surface area (TPSA) is 23.5 Å². The normalized spacial score (nSPS) is 20.5. The zero-order chi connectivity index (χ0) is 12.7. The van der Waals surface area contributed by atoms with E-state index in [2.05, 4.69) is 25.7 Å². The maximum atomic E-state index is 9.95. The Morgan fingerprint density at radius 3 is 2.29 bits per heavy atom. The Morgan fingerprint density at radius 1 is 1.06 bits per heavy atom. The van der Waals surface area contributed by atoms with Crippen LogP contribution in [0.1, 0.15) is 65.7 Å². The summed E-state index contributed by atoms with van der Waals surface area (Å²) in [7, 11) is 0. The number of likely N-dealkylation sites (tertiary alicyclic amines) is 1. The average molecular weight is 241 g/mol. The van der Waals surface area contributed by atoms with Crippen LogP contribution in [0.5, 0.6) is 0 Å². The first kappa shape index (κ1) is 15.0. The van der Waals surface area contributed by atoms with Gasteiger partial charge in [0.15, 0.2) is 0 Å². The molecule has 1 atom stereocenters. The van der Waals surface area contributed by atoms with Gasteiger partial charge in [-0.05, 0) is 50.6 Å². The Bertz CT molecular complexity index is 192. The van der Waals surface area contributed by atoms with Crippen molar-refractivity contribution in [1.82, 2.24) is 4.90 Å². The number of aliphatic hydroxyl groups excluding tert-OH is 1. The van der Waals surface area contributed by atoms with Crippen LogP contribution in [0.25, 0.3) is 0 Å². The largest absolute Gasteiger partial charge is 0.393 e. The van der Waals surface area contributed by atoms with Gasteiger partial charge in [0.25, 0.3) is 0 Å². The predicted molar refractivity (Wildman–Crippen MR) is 74.2 cm³/mol. The molecule has 0 aromatic rings. The van der Waals surface area contributed by atoms with E-state index < -0.39 is 0 Å². The first-order valence-electron chi connectivity index (χ1n) is 7.38. The summed E-state index contributed by atoms with van der Waals surface area (Å²) in [6.45, 7) is 10.4. The van der Waals surface area contributed by atoms with Gasteiger partial charge in [-0.3, -0.25) is 0 Å². The van der Waals surface area contributed by atoms with Crippen molar-refractivity contribution in [1.29, 1.82) is 0 Å². The van der Waals surface area contributed by atoms with E-state index in [1.807, 2.05) is 0 Å². The van der Waals surface area contributed by atoms with Crippen LogP contribution >= 0.6 is 0 Å². The van der Waals surface area contributed by atoms with E-state index in [4.69, 9.17) is 0 Å². The molecule has 1 N–H and O–H groups in total. The molecule has 1 fully saturated rings. The van der Waals surface area contributed by atoms with E-state index in [1.165, 1.54) is 38.8 Å². The molecule has 2 heteroatoms. The highest BCUT2D eigenvalue weighted by atomic mass is 16.3. The molecule has 2 nitrogen and oxygen atoms in total. The van der Waals surface area contributed by atoms with Gasteiger partial charge in [0.2, 0.25) is 0 Å². The molecule has 0 unspecified atom stereocenters. The van der Waals surface area contributed by atoms with Crippen LogP contribution < -0.4 is 0 Å². The van der Waals surface area contributed by atoms with Gasteiger partial charge in [0.1, 0.15) is 0 Å². The summed E-state index contributed by atoms with van der Waals surface area (Å²) >= 11 is 0. The Kier molecular flexibility index (Phi) is 6.50. The zero-order valence-electron chi connectivity index (χ0n) is 12.0. The minimum absolute atomic E-state index is 0.0840. The third-order valence-corrected chi connectivity index (χ3v) is 3.69. The minimum atomic E-state index is -0.0840. The maximum absolute atomic E-state index is 9.95. The highest BCUT2D eigenvalue weighted by Gasteiger charge is 2.14. The van der Waals surface area contributed by atoms with Gasteiger partial charge in [-0.15, -0.1) is 0 Å². The van der Waals surface area contributed by atoms with Crippen molar-refractivity contribution in [2.24, 2.45) is 5.41 Å². The molecule has 1 saturated heterocycles. The fourth-order valence-electron chi connectivity index (χ4n) is 2.53. The Labute approximate surface area is 107 Å². The first-order valence-corrected chi connectivity index (χ1v) is 7.38. The van der Waals surface area contributed by atoms with Gasteiger partial charge in [-0.1, -0.05) is 33.6 Å². The minimum Gasteiger partial charge on any atom is -0.393 e. The monoisotopic (exact) mass is 241 g/mol. The van der Waals surface area contributed by atoms with Crippen molar-refractivity contribution in [3.8, 4) is 0 Å². The highest BCUT2D eigenvalue weighted by molar-refractivity contribution is 4.68. The summed E-state index contributed by atoms with van der Waals surface area (Å²) in [4.78, 5) is 2.51. The smallest absolute Gasteiger partial charge is 0.0552 e. The van der Waals surface area contributed by atoms with Gasteiger partial charge in [0, 0.05) is 6.54 Å². The third kappa shape index (κ3) is 7.77. The van der Waals surface area contributed by atoms with Gasteiger partial charge in [-0.25, -0.2) is 0 Å². The second kappa shape index (κ2) is 7.38. The molecule has 1 rings (SSSR count). The maximum Gasteiger partial charge on any atom is 0.0552 e. The fourth-order valence-corrected chi connectivity index (χ4v) is 2.53. The molecule has 1 aliphatic rings. The number of piperidine rings is 1. The summed E-state index contributed by atoms with van der Waals surface area (Å²) in [5, 5.41) is 9.95. The van der Waals surface area contributed by atoms with Gasteiger partial charge < -0.3 is 10.0 Å². The van der Waals surface area contributed by atoms with Crippen LogP contribution in [0, 0.1) is 5.41 Å². The molecule has 1 heterocycles. The molecule has 0 radical (unpaired) electrons. The lowest BCUT2D eigenvalue weighted by Gasteiger charge is -2.27. The van der Waals surface area contributed by atoms with Crippen LogP contribution in [0.2, 0.25) is 0 Å². The van der Waals surface area contributed by atoms with Gasteiger partial charge in [-0.2, -0.15) is 0 Å². The molecule has 17 heavy (non-hydrogen) atoms. The zero-order valence-corrected chi connectivity index (χ0v) is 12.0. The third-order valence-electron chi connectivity index (χ3n) is 3.69. The first-order chi connectivity index (χ1) is 7.97. The second-order valence-corrected chi connectivity index (χ2v) is 6.80. The molecule has 0 spiro atoms. The van der Waals surface area contributed by atoms with E-state index in [0.29, 0.717) is 5.41 Å². The summed E-state index contributed by atoms with van der Waals surface area (Å²) < 4.78 is 0. The SMILES string of the molecule is CC(C)(C)CCC[C@@H](O)CCN1CCCCC1. The van der Waals surface area contributed by atoms with E-state index >= 15 is 0 Å². The average Bonchev–Trinajstić information content (AvgIpc) is 2.26. The van der Waals surface area contributed by atoms with Gasteiger partial charge in [0.05, 0.1) is 6.10 Å². The summed E-state index contributed by atoms with van der Waals surface area (Å²) in [5.41, 5.74) is 0.409. The summed E-state index contributed by atoms with van der Waals surface area (Å²) in [6, 6.07) is 0. The molecular formula is C15H31NO. The van der Waals surface area contributed by atoms with Crippen molar-refractivity contribution < 1.29 is 5.11 Å². The lowest BCUT2D eigenvalue weighted by molar-refractivity contribution is 0.120. The van der Waals surface area contributed by atoms with Crippen LogP contribution in [-0.2, 0) is 0 Å². The number of hydrogen-bond donors (Lipinski definition) is 1.